The second-order valence-corrected chi connectivity index (χ2v) is 6.39. The van der Waals surface area contributed by atoms with Crippen LogP contribution in [0.2, 0.25) is 0 Å². The van der Waals surface area contributed by atoms with Crippen molar-refractivity contribution in [1.29, 1.82) is 0 Å². The molecule has 0 aliphatic heterocycles. The van der Waals surface area contributed by atoms with Crippen molar-refractivity contribution >= 4 is 5.97 Å². The van der Waals surface area contributed by atoms with Gasteiger partial charge in [0.1, 0.15) is 5.75 Å². The first-order valence-corrected chi connectivity index (χ1v) is 8.97. The van der Waals surface area contributed by atoms with Gasteiger partial charge in [0, 0.05) is 17.7 Å². The minimum absolute atomic E-state index is 0.229. The van der Waals surface area contributed by atoms with E-state index >= 15 is 0 Å². The number of para-hydroxylation sites is 1. The molecule has 0 unspecified atom stereocenters. The Hall–Kier alpha value is -3.08. The summed E-state index contributed by atoms with van der Waals surface area (Å²) in [5.74, 6) is 0.583. The van der Waals surface area contributed by atoms with Crippen molar-refractivity contribution < 1.29 is 14.3 Å². The maximum absolute atomic E-state index is 12.3. The average Bonchev–Trinajstić information content (AvgIpc) is 2.97. The molecule has 5 nitrogen and oxygen atoms in total. The molecule has 3 aromatic rings. The summed E-state index contributed by atoms with van der Waals surface area (Å²) >= 11 is 0. The van der Waals surface area contributed by atoms with Crippen LogP contribution < -0.4 is 4.74 Å². The van der Waals surface area contributed by atoms with E-state index in [1.165, 1.54) is 0 Å². The number of esters is 1. The third-order valence-corrected chi connectivity index (χ3v) is 4.58. The van der Waals surface area contributed by atoms with E-state index in [2.05, 4.69) is 5.10 Å². The lowest BCUT2D eigenvalue weighted by atomic mass is 10.1. The Balaban J connectivity index is 1.58. The number of hydrogen-bond acceptors (Lipinski definition) is 4. The maximum atomic E-state index is 12.3. The van der Waals surface area contributed by atoms with E-state index in [0.29, 0.717) is 13.0 Å². The lowest BCUT2D eigenvalue weighted by Crippen LogP contribution is -2.11. The molecule has 0 N–H and O–H groups in total. The zero-order valence-corrected chi connectivity index (χ0v) is 15.9. The summed E-state index contributed by atoms with van der Waals surface area (Å²) in [6.45, 7) is 4.26. The maximum Gasteiger partial charge on any atom is 0.310 e. The third kappa shape index (κ3) is 4.56. The number of hydrogen-bond donors (Lipinski definition) is 0. The summed E-state index contributed by atoms with van der Waals surface area (Å²) in [6.07, 6.45) is 0.907. The van der Waals surface area contributed by atoms with Crippen molar-refractivity contribution in [2.75, 3.05) is 13.7 Å². The van der Waals surface area contributed by atoms with Crippen molar-refractivity contribution in [3.05, 3.63) is 77.1 Å². The molecule has 2 aromatic carbocycles. The van der Waals surface area contributed by atoms with E-state index < -0.39 is 0 Å². The minimum Gasteiger partial charge on any atom is -0.497 e. The second kappa shape index (κ2) is 8.54. The largest absolute Gasteiger partial charge is 0.497 e. The first-order valence-electron chi connectivity index (χ1n) is 8.97. The van der Waals surface area contributed by atoms with Crippen LogP contribution in [0, 0.1) is 13.8 Å². The van der Waals surface area contributed by atoms with Gasteiger partial charge in [0.2, 0.25) is 0 Å². The van der Waals surface area contributed by atoms with Crippen LogP contribution in [0.25, 0.3) is 5.69 Å². The lowest BCUT2D eigenvalue weighted by molar-refractivity contribution is -0.142. The molecule has 0 radical (unpaired) electrons. The zero-order chi connectivity index (χ0) is 19.2. The van der Waals surface area contributed by atoms with Gasteiger partial charge in [-0.15, -0.1) is 0 Å². The molecule has 0 fully saturated rings. The van der Waals surface area contributed by atoms with Gasteiger partial charge in [0.25, 0.3) is 0 Å². The Bertz CT molecular complexity index is 899. The van der Waals surface area contributed by atoms with Gasteiger partial charge in [-0.05, 0) is 43.7 Å². The highest BCUT2D eigenvalue weighted by Crippen LogP contribution is 2.19. The van der Waals surface area contributed by atoms with Crippen LogP contribution in [0.4, 0.5) is 0 Å². The van der Waals surface area contributed by atoms with E-state index in [4.69, 9.17) is 9.47 Å². The van der Waals surface area contributed by atoms with Crippen LogP contribution in [0.15, 0.2) is 54.6 Å². The fraction of sp³-hybridized carbons (Fsp3) is 0.273. The minimum atomic E-state index is -0.234. The molecule has 140 valence electrons. The molecular formula is C22H24N2O3. The number of ether oxygens (including phenoxy) is 2. The van der Waals surface area contributed by atoms with Crippen LogP contribution in [-0.4, -0.2) is 29.5 Å². The molecule has 1 heterocycles. The third-order valence-electron chi connectivity index (χ3n) is 4.58. The number of aryl methyl sites for hydroxylation is 1. The quantitative estimate of drug-likeness (QED) is 0.598. The van der Waals surface area contributed by atoms with Crippen molar-refractivity contribution in [1.82, 2.24) is 9.78 Å². The van der Waals surface area contributed by atoms with Crippen LogP contribution in [-0.2, 0) is 22.4 Å². The number of methoxy groups -OCH3 is 1. The fourth-order valence-electron chi connectivity index (χ4n) is 3.02. The number of nitrogens with zero attached hydrogens (tertiary/aromatic N) is 2. The Kier molecular flexibility index (Phi) is 5.91. The Morgan fingerprint density at radius 3 is 2.41 bits per heavy atom. The molecule has 0 aliphatic rings. The standard InChI is InChI=1S/C22H24N2O3/c1-16-21(17(2)24(23-16)19-7-5-4-6-8-19)15-22(25)27-14-13-18-9-11-20(26-3)12-10-18/h4-12H,13-15H2,1-3H3. The van der Waals surface area contributed by atoms with E-state index in [1.807, 2.05) is 73.1 Å². The number of benzene rings is 2. The van der Waals surface area contributed by atoms with Crippen molar-refractivity contribution in [3.8, 4) is 11.4 Å². The van der Waals surface area contributed by atoms with Gasteiger partial charge in [-0.25, -0.2) is 4.68 Å². The van der Waals surface area contributed by atoms with Crippen LogP contribution in [0.5, 0.6) is 5.75 Å². The summed E-state index contributed by atoms with van der Waals surface area (Å²) in [6, 6.07) is 17.7. The molecule has 0 amide bonds. The smallest absolute Gasteiger partial charge is 0.310 e. The van der Waals surface area contributed by atoms with Crippen molar-refractivity contribution in [2.45, 2.75) is 26.7 Å². The lowest BCUT2D eigenvalue weighted by Gasteiger charge is -2.07. The first-order chi connectivity index (χ1) is 13.1. The molecule has 0 atom stereocenters. The Labute approximate surface area is 159 Å². The predicted octanol–water partition coefficient (Wildman–Crippen LogP) is 3.83. The summed E-state index contributed by atoms with van der Waals surface area (Å²) in [5, 5.41) is 4.57. The molecule has 27 heavy (non-hydrogen) atoms. The molecule has 3 rings (SSSR count). The van der Waals surface area contributed by atoms with Crippen LogP contribution >= 0.6 is 0 Å². The molecule has 0 aliphatic carbocycles. The molecule has 0 saturated heterocycles. The van der Waals surface area contributed by atoms with E-state index in [9.17, 15) is 4.79 Å². The number of carbonyl (C=O) groups is 1. The molecule has 5 heteroatoms. The van der Waals surface area contributed by atoms with Gasteiger partial charge in [0.15, 0.2) is 0 Å². The van der Waals surface area contributed by atoms with Crippen molar-refractivity contribution in [2.24, 2.45) is 0 Å². The summed E-state index contributed by atoms with van der Waals surface area (Å²) < 4.78 is 12.4. The second-order valence-electron chi connectivity index (χ2n) is 6.39. The number of carbonyl (C=O) groups excluding carboxylic acids is 1. The number of aromatic nitrogens is 2. The van der Waals surface area contributed by atoms with E-state index in [-0.39, 0.29) is 12.4 Å². The summed E-state index contributed by atoms with van der Waals surface area (Å²) in [7, 11) is 1.64. The van der Waals surface area contributed by atoms with Gasteiger partial charge < -0.3 is 9.47 Å². The fourth-order valence-corrected chi connectivity index (χ4v) is 3.02. The molecular weight excluding hydrogens is 340 g/mol. The number of rotatable bonds is 7. The average molecular weight is 364 g/mol. The van der Waals surface area contributed by atoms with E-state index in [0.717, 1.165) is 34.0 Å². The molecule has 0 bridgehead atoms. The van der Waals surface area contributed by atoms with Crippen LogP contribution in [0.3, 0.4) is 0 Å². The molecule has 0 spiro atoms. The van der Waals surface area contributed by atoms with Gasteiger partial charge in [-0.1, -0.05) is 30.3 Å². The topological polar surface area (TPSA) is 53.4 Å². The highest BCUT2D eigenvalue weighted by atomic mass is 16.5. The van der Waals surface area contributed by atoms with Gasteiger partial charge in [-0.3, -0.25) is 4.79 Å². The van der Waals surface area contributed by atoms with Gasteiger partial charge >= 0.3 is 5.97 Å². The van der Waals surface area contributed by atoms with Gasteiger partial charge in [-0.2, -0.15) is 5.10 Å². The van der Waals surface area contributed by atoms with Gasteiger partial charge in [0.05, 0.1) is 31.5 Å². The zero-order valence-electron chi connectivity index (χ0n) is 15.9. The van der Waals surface area contributed by atoms with E-state index in [1.54, 1.807) is 7.11 Å². The summed E-state index contributed by atoms with van der Waals surface area (Å²) in [5.41, 5.74) is 4.83. The highest BCUT2D eigenvalue weighted by molar-refractivity contribution is 5.73. The first kappa shape index (κ1) is 18.7. The highest BCUT2D eigenvalue weighted by Gasteiger charge is 2.16. The van der Waals surface area contributed by atoms with Crippen molar-refractivity contribution in [3.63, 3.8) is 0 Å². The van der Waals surface area contributed by atoms with Crippen LogP contribution in [0.1, 0.15) is 22.5 Å². The Morgan fingerprint density at radius 1 is 1.04 bits per heavy atom. The normalized spacial score (nSPS) is 10.6. The Morgan fingerprint density at radius 2 is 1.74 bits per heavy atom. The molecule has 0 saturated carbocycles. The predicted molar refractivity (Wildman–Crippen MR) is 104 cm³/mol. The summed E-state index contributed by atoms with van der Waals surface area (Å²) in [4.78, 5) is 12.3. The molecule has 1 aromatic heterocycles. The SMILES string of the molecule is COc1ccc(CCOC(=O)Cc2c(C)nn(-c3ccccc3)c2C)cc1. The monoisotopic (exact) mass is 364 g/mol.